The van der Waals surface area contributed by atoms with Gasteiger partial charge < -0.3 is 4.90 Å². The summed E-state index contributed by atoms with van der Waals surface area (Å²) in [5, 5.41) is 7.28. The molecule has 3 heterocycles. The second-order valence-corrected chi connectivity index (χ2v) is 7.50. The van der Waals surface area contributed by atoms with Crippen molar-refractivity contribution in [2.24, 2.45) is 0 Å². The number of carbonyl (C=O) groups is 2. The summed E-state index contributed by atoms with van der Waals surface area (Å²) in [7, 11) is 0. The molecule has 4 rings (SSSR count). The summed E-state index contributed by atoms with van der Waals surface area (Å²) in [5.41, 5.74) is 4.93. The van der Waals surface area contributed by atoms with Gasteiger partial charge in [0.15, 0.2) is 0 Å². The zero-order valence-electron chi connectivity index (χ0n) is 15.9. The van der Waals surface area contributed by atoms with E-state index >= 15 is 0 Å². The molecule has 0 aromatic carbocycles. The predicted octanol–water partition coefficient (Wildman–Crippen LogP) is 2.84. The molecule has 144 valence electrons. The lowest BCUT2D eigenvalue weighted by Crippen LogP contribution is -2.33. The van der Waals surface area contributed by atoms with Crippen LogP contribution in [0.5, 0.6) is 0 Å². The van der Waals surface area contributed by atoms with Gasteiger partial charge in [0.25, 0.3) is 0 Å². The van der Waals surface area contributed by atoms with E-state index in [1.54, 1.807) is 11.1 Å². The summed E-state index contributed by atoms with van der Waals surface area (Å²) in [4.78, 5) is 30.3. The van der Waals surface area contributed by atoms with Crippen molar-refractivity contribution in [3.63, 3.8) is 0 Å². The van der Waals surface area contributed by atoms with Crippen molar-refractivity contribution in [2.45, 2.75) is 38.0 Å². The summed E-state index contributed by atoms with van der Waals surface area (Å²) in [6.07, 6.45) is 9.08. The van der Waals surface area contributed by atoms with Crippen LogP contribution in [0.3, 0.4) is 0 Å². The standard InChI is InChI=1S/C22H24N4O2/c1-2-22(28)26-9-7-17(8-10-26)20-6-3-15(14-23-20)11-19(27)12-18-13-21(25-24-18)16-4-5-16/h2-3,6-7,13-14,16H,1,4-5,8-12H2,(H,24,25). The fraction of sp³-hybridized carbons (Fsp3) is 0.364. The fourth-order valence-corrected chi connectivity index (χ4v) is 3.51. The second-order valence-electron chi connectivity index (χ2n) is 7.50. The van der Waals surface area contributed by atoms with Gasteiger partial charge in [0.1, 0.15) is 5.78 Å². The first-order valence-electron chi connectivity index (χ1n) is 9.74. The molecule has 0 spiro atoms. The highest BCUT2D eigenvalue weighted by molar-refractivity contribution is 5.87. The highest BCUT2D eigenvalue weighted by Crippen LogP contribution is 2.39. The van der Waals surface area contributed by atoms with Crippen LogP contribution in [0.15, 0.2) is 43.1 Å². The lowest BCUT2D eigenvalue weighted by Gasteiger charge is -2.25. The number of aromatic nitrogens is 3. The average molecular weight is 376 g/mol. The van der Waals surface area contributed by atoms with Crippen LogP contribution in [0.25, 0.3) is 5.57 Å². The normalized spacial score (nSPS) is 16.6. The molecule has 0 unspecified atom stereocenters. The number of aromatic amines is 1. The Kier molecular flexibility index (Phi) is 5.19. The first-order valence-corrected chi connectivity index (χ1v) is 9.74. The monoisotopic (exact) mass is 376 g/mol. The Morgan fingerprint density at radius 2 is 2.14 bits per heavy atom. The summed E-state index contributed by atoms with van der Waals surface area (Å²) < 4.78 is 0. The molecule has 6 nitrogen and oxygen atoms in total. The first kappa shape index (κ1) is 18.3. The van der Waals surface area contributed by atoms with E-state index in [2.05, 4.69) is 21.8 Å². The van der Waals surface area contributed by atoms with Gasteiger partial charge >= 0.3 is 0 Å². The molecule has 6 heteroatoms. The smallest absolute Gasteiger partial charge is 0.246 e. The van der Waals surface area contributed by atoms with E-state index in [1.807, 2.05) is 24.3 Å². The van der Waals surface area contributed by atoms with Gasteiger partial charge in [0, 0.05) is 43.7 Å². The minimum absolute atomic E-state index is 0.0429. The maximum Gasteiger partial charge on any atom is 0.246 e. The van der Waals surface area contributed by atoms with Crippen LogP contribution >= 0.6 is 0 Å². The Morgan fingerprint density at radius 3 is 2.79 bits per heavy atom. The van der Waals surface area contributed by atoms with E-state index < -0.39 is 0 Å². The van der Waals surface area contributed by atoms with E-state index in [0.29, 0.717) is 31.8 Å². The van der Waals surface area contributed by atoms with Crippen LogP contribution in [0.4, 0.5) is 0 Å². The SMILES string of the molecule is C=CC(=O)N1CC=C(c2ccc(CC(=O)Cc3cc(C4CC4)n[nH]3)cn2)CC1. The summed E-state index contributed by atoms with van der Waals surface area (Å²) in [6.45, 7) is 4.78. The van der Waals surface area contributed by atoms with Gasteiger partial charge in [-0.1, -0.05) is 18.7 Å². The topological polar surface area (TPSA) is 79.0 Å². The summed E-state index contributed by atoms with van der Waals surface area (Å²) >= 11 is 0. The number of hydrogen-bond donors (Lipinski definition) is 1. The zero-order valence-corrected chi connectivity index (χ0v) is 15.9. The highest BCUT2D eigenvalue weighted by atomic mass is 16.2. The minimum atomic E-state index is -0.0429. The molecule has 2 aromatic heterocycles. The Hall–Kier alpha value is -3.02. The predicted molar refractivity (Wildman–Crippen MR) is 107 cm³/mol. The third kappa shape index (κ3) is 4.27. The summed E-state index contributed by atoms with van der Waals surface area (Å²) in [6, 6.07) is 5.94. The molecule has 0 radical (unpaired) electrons. The number of H-pyrrole nitrogens is 1. The third-order valence-electron chi connectivity index (χ3n) is 5.28. The van der Waals surface area contributed by atoms with E-state index in [0.717, 1.165) is 34.6 Å². The first-order chi connectivity index (χ1) is 13.6. The maximum atomic E-state index is 12.4. The number of rotatable bonds is 7. The Bertz CT molecular complexity index is 922. The molecule has 1 amide bonds. The molecular formula is C22H24N4O2. The van der Waals surface area contributed by atoms with Crippen molar-refractivity contribution in [2.75, 3.05) is 13.1 Å². The molecular weight excluding hydrogens is 352 g/mol. The van der Waals surface area contributed by atoms with Crippen LogP contribution in [0.1, 0.15) is 47.8 Å². The number of nitrogens with zero attached hydrogens (tertiary/aromatic N) is 3. The third-order valence-corrected chi connectivity index (χ3v) is 5.28. The van der Waals surface area contributed by atoms with Crippen molar-refractivity contribution in [3.05, 3.63) is 65.8 Å². The van der Waals surface area contributed by atoms with Crippen molar-refractivity contribution in [1.82, 2.24) is 20.1 Å². The van der Waals surface area contributed by atoms with Gasteiger partial charge in [0.2, 0.25) is 5.91 Å². The van der Waals surface area contributed by atoms with Gasteiger partial charge in [-0.15, -0.1) is 0 Å². The fourth-order valence-electron chi connectivity index (χ4n) is 3.51. The number of amides is 1. The van der Waals surface area contributed by atoms with Gasteiger partial charge in [-0.2, -0.15) is 5.10 Å². The highest BCUT2D eigenvalue weighted by Gasteiger charge is 2.26. The number of nitrogens with one attached hydrogen (secondary N) is 1. The number of Topliss-reactive ketones (excluding diaryl/α,β-unsaturated/α-hetero) is 1. The molecule has 0 saturated heterocycles. The molecule has 0 atom stereocenters. The lowest BCUT2D eigenvalue weighted by atomic mass is 10.0. The molecule has 2 aromatic rings. The van der Waals surface area contributed by atoms with E-state index in [-0.39, 0.29) is 11.7 Å². The maximum absolute atomic E-state index is 12.4. The molecule has 1 aliphatic heterocycles. The Balaban J connectivity index is 1.32. The number of carbonyl (C=O) groups excluding carboxylic acids is 2. The molecule has 1 N–H and O–H groups in total. The average Bonchev–Trinajstić information content (AvgIpc) is 3.47. The number of hydrogen-bond acceptors (Lipinski definition) is 4. The quantitative estimate of drug-likeness (QED) is 0.754. The van der Waals surface area contributed by atoms with Crippen LogP contribution in [0.2, 0.25) is 0 Å². The van der Waals surface area contributed by atoms with E-state index in [9.17, 15) is 9.59 Å². The number of ketones is 1. The van der Waals surface area contributed by atoms with Crippen molar-refractivity contribution >= 4 is 17.3 Å². The van der Waals surface area contributed by atoms with Crippen LogP contribution < -0.4 is 0 Å². The van der Waals surface area contributed by atoms with Gasteiger partial charge in [0.05, 0.1) is 11.4 Å². The van der Waals surface area contributed by atoms with E-state index in [4.69, 9.17) is 0 Å². The molecule has 0 bridgehead atoms. The van der Waals surface area contributed by atoms with Gasteiger partial charge in [-0.3, -0.25) is 19.7 Å². The van der Waals surface area contributed by atoms with Gasteiger partial charge in [-0.05, 0) is 48.6 Å². The molecule has 28 heavy (non-hydrogen) atoms. The Labute approximate surface area is 164 Å². The lowest BCUT2D eigenvalue weighted by molar-refractivity contribution is -0.125. The van der Waals surface area contributed by atoms with Crippen molar-refractivity contribution in [1.29, 1.82) is 0 Å². The number of pyridine rings is 1. The second kappa shape index (κ2) is 7.92. The Morgan fingerprint density at radius 1 is 1.29 bits per heavy atom. The van der Waals surface area contributed by atoms with E-state index in [1.165, 1.54) is 18.9 Å². The molecule has 1 saturated carbocycles. The largest absolute Gasteiger partial charge is 0.335 e. The van der Waals surface area contributed by atoms with Crippen LogP contribution in [-0.2, 0) is 22.4 Å². The van der Waals surface area contributed by atoms with Crippen molar-refractivity contribution < 1.29 is 9.59 Å². The van der Waals surface area contributed by atoms with Crippen molar-refractivity contribution in [3.8, 4) is 0 Å². The summed E-state index contributed by atoms with van der Waals surface area (Å²) in [5.74, 6) is 0.697. The molecule has 2 aliphatic rings. The minimum Gasteiger partial charge on any atom is -0.335 e. The van der Waals surface area contributed by atoms with Crippen LogP contribution in [0, 0.1) is 0 Å². The van der Waals surface area contributed by atoms with Gasteiger partial charge in [-0.25, -0.2) is 0 Å². The zero-order chi connectivity index (χ0) is 19.5. The molecule has 1 aliphatic carbocycles. The molecule has 1 fully saturated rings. The van der Waals surface area contributed by atoms with Crippen LogP contribution in [-0.4, -0.2) is 44.9 Å².